The number of carbonyl (C=O) groups excluding carboxylic acids is 2. The lowest BCUT2D eigenvalue weighted by atomic mass is 10.2. The predicted molar refractivity (Wildman–Crippen MR) is 120 cm³/mol. The van der Waals surface area contributed by atoms with E-state index in [-0.39, 0.29) is 17.6 Å². The summed E-state index contributed by atoms with van der Waals surface area (Å²) in [4.78, 5) is 29.2. The van der Waals surface area contributed by atoms with Gasteiger partial charge in [0.15, 0.2) is 0 Å². The van der Waals surface area contributed by atoms with Crippen molar-refractivity contribution in [3.63, 3.8) is 0 Å². The first-order valence-electron chi connectivity index (χ1n) is 10.5. The van der Waals surface area contributed by atoms with E-state index in [9.17, 15) is 14.0 Å². The number of nitrogens with zero attached hydrogens (tertiary/aromatic N) is 4. The zero-order valence-electron chi connectivity index (χ0n) is 17.5. The third kappa shape index (κ3) is 5.74. The molecule has 0 saturated carbocycles. The molecule has 0 aliphatic carbocycles. The van der Waals surface area contributed by atoms with Crippen LogP contribution in [0, 0.1) is 5.82 Å². The molecule has 9 heteroatoms. The summed E-state index contributed by atoms with van der Waals surface area (Å²) in [7, 11) is 0. The molecule has 0 bridgehead atoms. The fraction of sp³-hybridized carbons (Fsp3) is 0.304. The number of nitrogens with one attached hydrogen (secondary N) is 1. The molecule has 3 aromatic rings. The summed E-state index contributed by atoms with van der Waals surface area (Å²) in [6, 6.07) is 15.3. The molecule has 0 atom stereocenters. The van der Waals surface area contributed by atoms with Gasteiger partial charge in [-0.25, -0.2) is 4.39 Å². The molecule has 2 heterocycles. The Balaban J connectivity index is 1.28. The molecular weight excluding hydrogens is 429 g/mol. The molecule has 2 aromatic carbocycles. The van der Waals surface area contributed by atoms with Crippen molar-refractivity contribution in [1.82, 2.24) is 25.3 Å². The zero-order chi connectivity index (χ0) is 22.3. The van der Waals surface area contributed by atoms with Crippen LogP contribution in [0.4, 0.5) is 4.39 Å². The van der Waals surface area contributed by atoms with Crippen molar-refractivity contribution in [3.8, 4) is 0 Å². The summed E-state index contributed by atoms with van der Waals surface area (Å²) in [5, 5.41) is 12.0. The summed E-state index contributed by atoms with van der Waals surface area (Å²) >= 11 is 1.27. The number of amides is 2. The largest absolute Gasteiger partial charge is 0.346 e. The third-order valence-electron chi connectivity index (χ3n) is 5.28. The Labute approximate surface area is 189 Å². The van der Waals surface area contributed by atoms with Gasteiger partial charge in [0, 0.05) is 38.3 Å². The minimum Gasteiger partial charge on any atom is -0.346 e. The summed E-state index contributed by atoms with van der Waals surface area (Å²) in [6.45, 7) is 3.85. The van der Waals surface area contributed by atoms with Crippen LogP contribution in [0.15, 0.2) is 54.6 Å². The molecule has 1 N–H and O–H groups in total. The van der Waals surface area contributed by atoms with Crippen LogP contribution in [0.25, 0.3) is 0 Å². The van der Waals surface area contributed by atoms with Crippen LogP contribution in [-0.2, 0) is 13.1 Å². The van der Waals surface area contributed by atoms with E-state index in [1.54, 1.807) is 12.1 Å². The average molecular weight is 454 g/mol. The molecule has 32 heavy (non-hydrogen) atoms. The van der Waals surface area contributed by atoms with Gasteiger partial charge >= 0.3 is 0 Å². The highest BCUT2D eigenvalue weighted by Gasteiger charge is 2.21. The van der Waals surface area contributed by atoms with Gasteiger partial charge < -0.3 is 10.2 Å². The van der Waals surface area contributed by atoms with Gasteiger partial charge in [0.05, 0.1) is 6.54 Å². The maximum absolute atomic E-state index is 13.0. The lowest BCUT2D eigenvalue weighted by Gasteiger charge is -2.21. The summed E-state index contributed by atoms with van der Waals surface area (Å²) in [5.41, 5.74) is 1.52. The molecule has 166 valence electrons. The highest BCUT2D eigenvalue weighted by Crippen LogP contribution is 2.15. The van der Waals surface area contributed by atoms with Crippen molar-refractivity contribution in [2.75, 3.05) is 26.2 Å². The Morgan fingerprint density at radius 2 is 1.75 bits per heavy atom. The Kier molecular flexibility index (Phi) is 7.18. The normalized spacial score (nSPS) is 14.7. The van der Waals surface area contributed by atoms with Crippen LogP contribution in [0.3, 0.4) is 0 Å². The second-order valence-corrected chi connectivity index (χ2v) is 8.66. The monoisotopic (exact) mass is 453 g/mol. The van der Waals surface area contributed by atoms with Crippen molar-refractivity contribution in [2.24, 2.45) is 0 Å². The second-order valence-electron chi connectivity index (χ2n) is 7.60. The number of carbonyl (C=O) groups is 2. The quantitative estimate of drug-likeness (QED) is 0.621. The first-order chi connectivity index (χ1) is 15.6. The summed E-state index contributed by atoms with van der Waals surface area (Å²) < 4.78 is 13.0. The molecule has 7 nitrogen and oxygen atoms in total. The highest BCUT2D eigenvalue weighted by atomic mass is 32.1. The molecule has 4 rings (SSSR count). The molecule has 0 radical (unpaired) electrons. The molecule has 2 amide bonds. The Morgan fingerprint density at radius 3 is 2.53 bits per heavy atom. The fourth-order valence-corrected chi connectivity index (χ4v) is 4.35. The van der Waals surface area contributed by atoms with E-state index in [1.165, 1.54) is 23.5 Å². The van der Waals surface area contributed by atoms with Gasteiger partial charge in [0.1, 0.15) is 10.8 Å². The number of aromatic nitrogens is 2. The molecule has 0 spiro atoms. The lowest BCUT2D eigenvalue weighted by molar-refractivity contribution is 0.0761. The standard InChI is InChI=1S/C23H24FN5O2S/c24-19-9-7-17(8-10-19)15-25-21(30)22-27-26-20(32-22)16-28-11-4-12-29(14-13-28)23(31)18-5-2-1-3-6-18/h1-3,5-10H,4,11-16H2,(H,25,30). The van der Waals surface area contributed by atoms with Crippen LogP contribution in [0.5, 0.6) is 0 Å². The maximum atomic E-state index is 13.0. The van der Waals surface area contributed by atoms with E-state index < -0.39 is 0 Å². The first kappa shape index (κ1) is 22.0. The van der Waals surface area contributed by atoms with Gasteiger partial charge in [-0.3, -0.25) is 14.5 Å². The lowest BCUT2D eigenvalue weighted by Crippen LogP contribution is -2.35. The second kappa shape index (κ2) is 10.4. The number of rotatable bonds is 6. The molecule has 1 aliphatic rings. The molecule has 0 unspecified atom stereocenters. The van der Waals surface area contributed by atoms with Gasteiger partial charge in [-0.05, 0) is 36.2 Å². The third-order valence-corrected chi connectivity index (χ3v) is 6.19. The molecule has 1 aliphatic heterocycles. The van der Waals surface area contributed by atoms with Crippen LogP contribution in [0.1, 0.15) is 37.2 Å². The van der Waals surface area contributed by atoms with Crippen molar-refractivity contribution >= 4 is 23.2 Å². The molecule has 1 fully saturated rings. The van der Waals surface area contributed by atoms with Gasteiger partial charge in [0.2, 0.25) is 5.01 Å². The maximum Gasteiger partial charge on any atom is 0.282 e. The number of hydrogen-bond donors (Lipinski definition) is 1. The highest BCUT2D eigenvalue weighted by molar-refractivity contribution is 7.13. The Morgan fingerprint density at radius 1 is 0.969 bits per heavy atom. The number of hydrogen-bond acceptors (Lipinski definition) is 6. The molecular formula is C23H24FN5O2S. The van der Waals surface area contributed by atoms with Crippen molar-refractivity contribution in [2.45, 2.75) is 19.5 Å². The predicted octanol–water partition coefficient (Wildman–Crippen LogP) is 2.96. The van der Waals surface area contributed by atoms with Crippen LogP contribution in [0.2, 0.25) is 0 Å². The molecule has 1 aromatic heterocycles. The van der Waals surface area contributed by atoms with E-state index in [2.05, 4.69) is 20.4 Å². The first-order valence-corrected chi connectivity index (χ1v) is 11.3. The topological polar surface area (TPSA) is 78.4 Å². The Hall–Kier alpha value is -3.17. The van der Waals surface area contributed by atoms with Crippen molar-refractivity contribution in [1.29, 1.82) is 0 Å². The summed E-state index contributed by atoms with van der Waals surface area (Å²) in [6.07, 6.45) is 0.877. The average Bonchev–Trinajstić information content (AvgIpc) is 3.16. The van der Waals surface area contributed by atoms with Crippen molar-refractivity contribution in [3.05, 3.63) is 81.6 Å². The van der Waals surface area contributed by atoms with Crippen LogP contribution in [-0.4, -0.2) is 58.0 Å². The van der Waals surface area contributed by atoms with Gasteiger partial charge in [-0.15, -0.1) is 10.2 Å². The SMILES string of the molecule is O=C(NCc1ccc(F)cc1)c1nnc(CN2CCCN(C(=O)c3ccccc3)CC2)s1. The van der Waals surface area contributed by atoms with Crippen molar-refractivity contribution < 1.29 is 14.0 Å². The van der Waals surface area contributed by atoms with E-state index in [1.807, 2.05) is 35.2 Å². The van der Waals surface area contributed by atoms with E-state index in [4.69, 9.17) is 0 Å². The zero-order valence-corrected chi connectivity index (χ0v) is 18.4. The van der Waals surface area contributed by atoms with Crippen LogP contribution < -0.4 is 5.32 Å². The van der Waals surface area contributed by atoms with E-state index in [0.717, 1.165) is 36.6 Å². The summed E-state index contributed by atoms with van der Waals surface area (Å²) in [5.74, 6) is -0.549. The smallest absolute Gasteiger partial charge is 0.282 e. The minimum atomic E-state index is -0.310. The van der Waals surface area contributed by atoms with Gasteiger partial charge in [-0.1, -0.05) is 41.7 Å². The molecule has 1 saturated heterocycles. The van der Waals surface area contributed by atoms with E-state index in [0.29, 0.717) is 30.2 Å². The van der Waals surface area contributed by atoms with Crippen LogP contribution >= 0.6 is 11.3 Å². The number of benzene rings is 2. The fourth-order valence-electron chi connectivity index (χ4n) is 3.56. The Bertz CT molecular complexity index is 1060. The van der Waals surface area contributed by atoms with Gasteiger partial charge in [0.25, 0.3) is 11.8 Å². The minimum absolute atomic E-state index is 0.0588. The van der Waals surface area contributed by atoms with Gasteiger partial charge in [-0.2, -0.15) is 0 Å². The number of halogens is 1. The van der Waals surface area contributed by atoms with E-state index >= 15 is 0 Å².